The zero-order valence-electron chi connectivity index (χ0n) is 6.70. The van der Waals surface area contributed by atoms with Gasteiger partial charge in [-0.25, -0.2) is 0 Å². The fourth-order valence-corrected chi connectivity index (χ4v) is 0.807. The van der Waals surface area contributed by atoms with E-state index < -0.39 is 0 Å². The van der Waals surface area contributed by atoms with Crippen LogP contribution in [-0.4, -0.2) is 35.5 Å². The molecule has 0 fully saturated rings. The largest absolute Gasteiger partial charge is 0.407 e. The Bertz CT molecular complexity index is 240. The molecule has 1 aromatic rings. The van der Waals surface area contributed by atoms with E-state index in [4.69, 9.17) is 21.1 Å². The van der Waals surface area contributed by atoms with Gasteiger partial charge in [0.2, 0.25) is 5.89 Å². The van der Waals surface area contributed by atoms with Gasteiger partial charge in [0, 0.05) is 13.6 Å². The minimum absolute atomic E-state index is 0.0507. The lowest BCUT2D eigenvalue weighted by molar-refractivity contribution is 0.301. The standard InChI is InChI=1S/C6H10ClN3O2/c1-10(2-3-11)6-9-8-5(4-7)12-6/h11H,2-4H2,1H3. The number of likely N-dealkylation sites (N-methyl/N-ethyl adjacent to an activating group) is 1. The van der Waals surface area contributed by atoms with E-state index in [-0.39, 0.29) is 12.5 Å². The molecule has 0 spiro atoms. The Morgan fingerprint density at radius 1 is 1.58 bits per heavy atom. The van der Waals surface area contributed by atoms with Gasteiger partial charge in [-0.2, -0.15) is 0 Å². The smallest absolute Gasteiger partial charge is 0.318 e. The Morgan fingerprint density at radius 2 is 2.33 bits per heavy atom. The van der Waals surface area contributed by atoms with Gasteiger partial charge in [0.05, 0.1) is 6.61 Å². The predicted molar refractivity (Wildman–Crippen MR) is 44.2 cm³/mol. The van der Waals surface area contributed by atoms with E-state index in [1.54, 1.807) is 11.9 Å². The maximum absolute atomic E-state index is 8.60. The third-order valence-corrected chi connectivity index (χ3v) is 1.56. The van der Waals surface area contributed by atoms with E-state index >= 15 is 0 Å². The summed E-state index contributed by atoms with van der Waals surface area (Å²) in [4.78, 5) is 1.66. The lowest BCUT2D eigenvalue weighted by Crippen LogP contribution is -2.21. The number of aromatic nitrogens is 2. The van der Waals surface area contributed by atoms with Gasteiger partial charge >= 0.3 is 6.01 Å². The summed E-state index contributed by atoms with van der Waals surface area (Å²) in [6.07, 6.45) is 0. The third kappa shape index (κ3) is 2.09. The van der Waals surface area contributed by atoms with Crippen molar-refractivity contribution in [3.63, 3.8) is 0 Å². The summed E-state index contributed by atoms with van der Waals surface area (Å²) in [5.74, 6) is 0.594. The van der Waals surface area contributed by atoms with Crippen molar-refractivity contribution in [3.8, 4) is 0 Å². The summed E-state index contributed by atoms with van der Waals surface area (Å²) in [6, 6.07) is 0.375. The van der Waals surface area contributed by atoms with Crippen LogP contribution in [0.25, 0.3) is 0 Å². The van der Waals surface area contributed by atoms with Crippen LogP contribution >= 0.6 is 11.6 Å². The molecule has 0 atom stereocenters. The number of hydrogen-bond donors (Lipinski definition) is 1. The summed E-state index contributed by atoms with van der Waals surface area (Å²) in [5.41, 5.74) is 0. The molecule has 0 saturated heterocycles. The van der Waals surface area contributed by atoms with E-state index in [1.807, 2.05) is 0 Å². The molecule has 68 valence electrons. The van der Waals surface area contributed by atoms with Crippen molar-refractivity contribution in [2.75, 3.05) is 25.1 Å². The van der Waals surface area contributed by atoms with Crippen molar-refractivity contribution in [2.45, 2.75) is 5.88 Å². The van der Waals surface area contributed by atoms with Crippen LogP contribution in [0.1, 0.15) is 5.89 Å². The summed E-state index contributed by atoms with van der Waals surface area (Å²) in [6.45, 7) is 0.513. The second-order valence-corrected chi connectivity index (χ2v) is 2.52. The van der Waals surface area contributed by atoms with Gasteiger partial charge in [-0.05, 0) is 0 Å². The fraction of sp³-hybridized carbons (Fsp3) is 0.667. The Balaban J connectivity index is 2.61. The first-order valence-corrected chi connectivity index (χ1v) is 4.01. The van der Waals surface area contributed by atoms with Crippen LogP contribution < -0.4 is 4.90 Å². The number of aliphatic hydroxyl groups excluding tert-OH is 1. The van der Waals surface area contributed by atoms with Gasteiger partial charge < -0.3 is 14.4 Å². The lowest BCUT2D eigenvalue weighted by atomic mass is 10.6. The second-order valence-electron chi connectivity index (χ2n) is 2.26. The molecular weight excluding hydrogens is 182 g/mol. The van der Waals surface area contributed by atoms with Crippen LogP contribution in [0.4, 0.5) is 6.01 Å². The summed E-state index contributed by atoms with van der Waals surface area (Å²) >= 11 is 5.46. The molecule has 0 radical (unpaired) electrons. The Labute approximate surface area is 75.0 Å². The molecule has 1 rings (SSSR count). The number of halogens is 1. The first-order valence-electron chi connectivity index (χ1n) is 3.48. The number of rotatable bonds is 4. The number of anilines is 1. The highest BCUT2D eigenvalue weighted by molar-refractivity contribution is 6.16. The quantitative estimate of drug-likeness (QED) is 0.691. The van der Waals surface area contributed by atoms with Gasteiger partial charge in [-0.1, -0.05) is 5.10 Å². The molecule has 1 heterocycles. The Morgan fingerprint density at radius 3 is 2.83 bits per heavy atom. The highest BCUT2D eigenvalue weighted by Gasteiger charge is 2.08. The molecule has 12 heavy (non-hydrogen) atoms. The average molecular weight is 192 g/mol. The van der Waals surface area contributed by atoms with E-state index in [9.17, 15) is 0 Å². The first kappa shape index (κ1) is 9.28. The number of aliphatic hydroxyl groups is 1. The third-order valence-electron chi connectivity index (χ3n) is 1.33. The highest BCUT2D eigenvalue weighted by Crippen LogP contribution is 2.10. The van der Waals surface area contributed by atoms with Gasteiger partial charge in [0.25, 0.3) is 0 Å². The minimum atomic E-state index is 0.0507. The van der Waals surface area contributed by atoms with Crippen LogP contribution in [0.15, 0.2) is 4.42 Å². The topological polar surface area (TPSA) is 62.4 Å². The van der Waals surface area contributed by atoms with Crippen molar-refractivity contribution < 1.29 is 9.52 Å². The molecule has 5 nitrogen and oxygen atoms in total. The zero-order valence-corrected chi connectivity index (χ0v) is 7.45. The van der Waals surface area contributed by atoms with E-state index in [2.05, 4.69) is 10.2 Å². The van der Waals surface area contributed by atoms with Crippen LogP contribution in [0.2, 0.25) is 0 Å². The molecule has 0 unspecified atom stereocenters. The van der Waals surface area contributed by atoms with Crippen molar-refractivity contribution in [1.82, 2.24) is 10.2 Å². The molecule has 0 bridgehead atoms. The second kappa shape index (κ2) is 4.27. The van der Waals surface area contributed by atoms with Gasteiger partial charge in [-0.15, -0.1) is 16.7 Å². The summed E-state index contributed by atoms with van der Waals surface area (Å²) in [5, 5.41) is 16.0. The van der Waals surface area contributed by atoms with Crippen LogP contribution in [0, 0.1) is 0 Å². The number of hydrogen-bond acceptors (Lipinski definition) is 5. The van der Waals surface area contributed by atoms with Crippen molar-refractivity contribution in [1.29, 1.82) is 0 Å². The Hall–Kier alpha value is -0.810. The molecule has 0 aromatic carbocycles. The molecule has 0 aliphatic carbocycles. The molecular formula is C6H10ClN3O2. The fourth-order valence-electron chi connectivity index (χ4n) is 0.699. The summed E-state index contributed by atoms with van der Waals surface area (Å²) < 4.78 is 5.11. The summed E-state index contributed by atoms with van der Waals surface area (Å²) in [7, 11) is 1.75. The first-order chi connectivity index (χ1) is 5.77. The monoisotopic (exact) mass is 191 g/mol. The molecule has 6 heteroatoms. The average Bonchev–Trinajstić information content (AvgIpc) is 2.52. The van der Waals surface area contributed by atoms with Gasteiger partial charge in [-0.3, -0.25) is 0 Å². The Kier molecular flexibility index (Phi) is 3.31. The maximum atomic E-state index is 8.60. The molecule has 1 aromatic heterocycles. The van der Waals surface area contributed by atoms with Crippen LogP contribution in [0.5, 0.6) is 0 Å². The number of nitrogens with zero attached hydrogens (tertiary/aromatic N) is 3. The lowest BCUT2D eigenvalue weighted by Gasteiger charge is -2.10. The predicted octanol–water partition coefficient (Wildman–Crippen LogP) is 0.237. The molecule has 0 aliphatic heterocycles. The van der Waals surface area contributed by atoms with E-state index in [0.29, 0.717) is 18.5 Å². The van der Waals surface area contributed by atoms with Gasteiger partial charge in [0.1, 0.15) is 5.88 Å². The van der Waals surface area contributed by atoms with E-state index in [1.165, 1.54) is 0 Å². The van der Waals surface area contributed by atoms with E-state index in [0.717, 1.165) is 0 Å². The van der Waals surface area contributed by atoms with Crippen molar-refractivity contribution in [3.05, 3.63) is 5.89 Å². The maximum Gasteiger partial charge on any atom is 0.318 e. The van der Waals surface area contributed by atoms with Crippen LogP contribution in [0.3, 0.4) is 0 Å². The van der Waals surface area contributed by atoms with Crippen molar-refractivity contribution >= 4 is 17.6 Å². The zero-order chi connectivity index (χ0) is 8.97. The van der Waals surface area contributed by atoms with Gasteiger partial charge in [0.15, 0.2) is 0 Å². The highest BCUT2D eigenvalue weighted by atomic mass is 35.5. The normalized spacial score (nSPS) is 10.2. The molecule has 1 N–H and O–H groups in total. The molecule has 0 aliphatic rings. The van der Waals surface area contributed by atoms with Crippen LogP contribution in [-0.2, 0) is 5.88 Å². The molecule has 0 saturated carbocycles. The SMILES string of the molecule is CN(CCO)c1nnc(CCl)o1. The van der Waals surface area contributed by atoms with Crippen molar-refractivity contribution in [2.24, 2.45) is 0 Å². The number of alkyl halides is 1. The molecule has 0 amide bonds. The minimum Gasteiger partial charge on any atom is -0.407 e.